The van der Waals surface area contributed by atoms with Crippen LogP contribution in [0.4, 0.5) is 11.4 Å². The van der Waals surface area contributed by atoms with Gasteiger partial charge in [0.1, 0.15) is 6.04 Å². The van der Waals surface area contributed by atoms with Crippen LogP contribution in [-0.2, 0) is 9.59 Å². The summed E-state index contributed by atoms with van der Waals surface area (Å²) in [6, 6.07) is 12.3. The predicted molar refractivity (Wildman–Crippen MR) is 105 cm³/mol. The molecule has 0 saturated carbocycles. The van der Waals surface area contributed by atoms with Crippen LogP contribution in [0.1, 0.15) is 31.7 Å². The lowest BCUT2D eigenvalue weighted by atomic mass is 10.0. The number of benzene rings is 2. The topological polar surface area (TPSA) is 67.9 Å². The number of methoxy groups -OCH3 is 2. The average molecular weight is 368 g/mol. The number of ether oxygens (including phenoxy) is 2. The number of carbonyl (C=O) groups excluding carboxylic acids is 2. The third-order valence-corrected chi connectivity index (χ3v) is 4.67. The number of hydrogen-bond acceptors (Lipinski definition) is 5. The van der Waals surface area contributed by atoms with Crippen molar-refractivity contribution in [3.63, 3.8) is 0 Å². The lowest BCUT2D eigenvalue weighted by Gasteiger charge is -2.18. The Morgan fingerprint density at radius 2 is 1.78 bits per heavy atom. The number of rotatable bonds is 6. The Labute approximate surface area is 159 Å². The summed E-state index contributed by atoms with van der Waals surface area (Å²) >= 11 is 0. The van der Waals surface area contributed by atoms with E-state index in [1.165, 1.54) is 24.7 Å². The van der Waals surface area contributed by atoms with E-state index in [-0.39, 0.29) is 18.2 Å². The zero-order valence-corrected chi connectivity index (χ0v) is 16.0. The molecule has 1 aliphatic heterocycles. The maximum absolute atomic E-state index is 12.9. The zero-order chi connectivity index (χ0) is 19.6. The summed E-state index contributed by atoms with van der Waals surface area (Å²) < 4.78 is 10.5. The van der Waals surface area contributed by atoms with Crippen molar-refractivity contribution in [2.45, 2.75) is 32.2 Å². The number of hydrogen-bond donors (Lipinski definition) is 1. The molecule has 0 spiro atoms. The highest BCUT2D eigenvalue weighted by atomic mass is 16.5. The highest BCUT2D eigenvalue weighted by molar-refractivity contribution is 6.23. The molecule has 1 saturated heterocycles. The fourth-order valence-corrected chi connectivity index (χ4v) is 3.17. The molecule has 0 aromatic heterocycles. The molecule has 1 unspecified atom stereocenters. The van der Waals surface area contributed by atoms with Crippen molar-refractivity contribution < 1.29 is 19.1 Å². The van der Waals surface area contributed by atoms with Gasteiger partial charge in [-0.2, -0.15) is 0 Å². The Morgan fingerprint density at radius 3 is 2.44 bits per heavy atom. The van der Waals surface area contributed by atoms with Gasteiger partial charge < -0.3 is 14.8 Å². The van der Waals surface area contributed by atoms with E-state index in [2.05, 4.69) is 19.2 Å². The van der Waals surface area contributed by atoms with Gasteiger partial charge in [-0.05, 0) is 35.7 Å². The van der Waals surface area contributed by atoms with Crippen molar-refractivity contribution in [1.29, 1.82) is 0 Å². The smallest absolute Gasteiger partial charge is 0.256 e. The minimum atomic E-state index is -0.590. The average Bonchev–Trinajstić information content (AvgIpc) is 2.94. The van der Waals surface area contributed by atoms with Gasteiger partial charge in [-0.3, -0.25) is 9.59 Å². The van der Waals surface area contributed by atoms with Crippen molar-refractivity contribution in [3.8, 4) is 11.5 Å². The van der Waals surface area contributed by atoms with Gasteiger partial charge in [0.15, 0.2) is 11.5 Å². The molecule has 0 radical (unpaired) electrons. The molecule has 6 nitrogen and oxygen atoms in total. The van der Waals surface area contributed by atoms with Crippen molar-refractivity contribution in [2.24, 2.45) is 0 Å². The van der Waals surface area contributed by atoms with E-state index >= 15 is 0 Å². The SMILES string of the molecule is COc1ccc(N2C(=O)CC(Nc3cccc(C(C)C)c3)C2=O)cc1OC. The second kappa shape index (κ2) is 7.70. The summed E-state index contributed by atoms with van der Waals surface area (Å²) in [6.45, 7) is 4.23. The Kier molecular flexibility index (Phi) is 5.35. The Hall–Kier alpha value is -3.02. The summed E-state index contributed by atoms with van der Waals surface area (Å²) in [7, 11) is 3.05. The molecule has 1 heterocycles. The number of imide groups is 1. The predicted octanol–water partition coefficient (Wildman–Crippen LogP) is 3.57. The van der Waals surface area contributed by atoms with Crippen LogP contribution in [0.15, 0.2) is 42.5 Å². The van der Waals surface area contributed by atoms with E-state index in [1.807, 2.05) is 24.3 Å². The third-order valence-electron chi connectivity index (χ3n) is 4.67. The molecule has 1 atom stereocenters. The van der Waals surface area contributed by atoms with E-state index < -0.39 is 6.04 Å². The Bertz CT molecular complexity index is 863. The van der Waals surface area contributed by atoms with Gasteiger partial charge >= 0.3 is 0 Å². The molecule has 142 valence electrons. The molecule has 6 heteroatoms. The molecule has 1 aliphatic rings. The molecule has 27 heavy (non-hydrogen) atoms. The minimum absolute atomic E-state index is 0.110. The molecule has 1 fully saturated rings. The van der Waals surface area contributed by atoms with Gasteiger partial charge in [0.05, 0.1) is 26.3 Å². The molecule has 0 bridgehead atoms. The molecule has 2 aromatic carbocycles. The summed E-state index contributed by atoms with van der Waals surface area (Å²) in [4.78, 5) is 26.6. The minimum Gasteiger partial charge on any atom is -0.493 e. The van der Waals surface area contributed by atoms with Crippen molar-refractivity contribution in [2.75, 3.05) is 24.4 Å². The monoisotopic (exact) mass is 368 g/mol. The number of carbonyl (C=O) groups is 2. The van der Waals surface area contributed by atoms with Crippen molar-refractivity contribution in [3.05, 3.63) is 48.0 Å². The van der Waals surface area contributed by atoms with Crippen LogP contribution in [0.2, 0.25) is 0 Å². The van der Waals surface area contributed by atoms with Gasteiger partial charge in [0, 0.05) is 11.8 Å². The normalized spacial score (nSPS) is 16.8. The number of nitrogens with one attached hydrogen (secondary N) is 1. The zero-order valence-electron chi connectivity index (χ0n) is 16.0. The third kappa shape index (κ3) is 3.74. The van der Waals surface area contributed by atoms with Gasteiger partial charge in [0.25, 0.3) is 5.91 Å². The second-order valence-corrected chi connectivity index (χ2v) is 6.79. The van der Waals surface area contributed by atoms with Crippen LogP contribution in [0.3, 0.4) is 0 Å². The molecular formula is C21H24N2O4. The van der Waals surface area contributed by atoms with E-state index in [0.717, 1.165) is 5.69 Å². The molecule has 2 amide bonds. The van der Waals surface area contributed by atoms with Gasteiger partial charge in [0.2, 0.25) is 5.91 Å². The van der Waals surface area contributed by atoms with Crippen LogP contribution in [0.5, 0.6) is 11.5 Å². The van der Waals surface area contributed by atoms with Gasteiger partial charge in [-0.15, -0.1) is 0 Å². The molecule has 1 N–H and O–H groups in total. The highest BCUT2D eigenvalue weighted by Crippen LogP contribution is 2.34. The number of nitrogens with zero attached hydrogens (tertiary/aromatic N) is 1. The Morgan fingerprint density at radius 1 is 1.04 bits per heavy atom. The van der Waals surface area contributed by atoms with Crippen LogP contribution in [0.25, 0.3) is 0 Å². The van der Waals surface area contributed by atoms with E-state index in [4.69, 9.17) is 9.47 Å². The summed E-state index contributed by atoms with van der Waals surface area (Å²) in [5.74, 6) is 0.875. The molecule has 2 aromatic rings. The summed E-state index contributed by atoms with van der Waals surface area (Å²) in [6.07, 6.45) is 0.110. The van der Waals surface area contributed by atoms with E-state index in [9.17, 15) is 9.59 Å². The first-order chi connectivity index (χ1) is 12.9. The van der Waals surface area contributed by atoms with Crippen molar-refractivity contribution >= 4 is 23.2 Å². The van der Waals surface area contributed by atoms with Gasteiger partial charge in [-0.1, -0.05) is 26.0 Å². The first kappa shape index (κ1) is 18.8. The first-order valence-corrected chi connectivity index (χ1v) is 8.90. The standard InChI is InChI=1S/C21H24N2O4/c1-13(2)14-6-5-7-15(10-14)22-17-12-20(24)23(21(17)25)16-8-9-18(26-3)19(11-16)27-4/h5-11,13,17,22H,12H2,1-4H3. The number of anilines is 2. The second-order valence-electron chi connectivity index (χ2n) is 6.79. The summed E-state index contributed by atoms with van der Waals surface area (Å²) in [5, 5.41) is 3.20. The summed E-state index contributed by atoms with van der Waals surface area (Å²) in [5.41, 5.74) is 2.48. The Balaban J connectivity index is 1.82. The van der Waals surface area contributed by atoms with Crippen molar-refractivity contribution in [1.82, 2.24) is 0 Å². The first-order valence-electron chi connectivity index (χ1n) is 8.90. The molecular weight excluding hydrogens is 344 g/mol. The lowest BCUT2D eigenvalue weighted by Crippen LogP contribution is -2.34. The van der Waals surface area contributed by atoms with E-state index in [0.29, 0.717) is 23.1 Å². The highest BCUT2D eigenvalue weighted by Gasteiger charge is 2.39. The van der Waals surface area contributed by atoms with Gasteiger partial charge in [-0.25, -0.2) is 4.90 Å². The van der Waals surface area contributed by atoms with E-state index in [1.54, 1.807) is 18.2 Å². The maximum atomic E-state index is 12.9. The van der Waals surface area contributed by atoms with Crippen LogP contribution < -0.4 is 19.7 Å². The molecule has 3 rings (SSSR count). The fraction of sp³-hybridized carbons (Fsp3) is 0.333. The van der Waals surface area contributed by atoms with Crippen LogP contribution in [-0.4, -0.2) is 32.1 Å². The quantitative estimate of drug-likeness (QED) is 0.790. The lowest BCUT2D eigenvalue weighted by molar-refractivity contribution is -0.121. The molecule has 0 aliphatic carbocycles. The fourth-order valence-electron chi connectivity index (χ4n) is 3.17. The van der Waals surface area contributed by atoms with Crippen LogP contribution in [0, 0.1) is 0 Å². The maximum Gasteiger partial charge on any atom is 0.256 e. The number of amides is 2. The largest absolute Gasteiger partial charge is 0.493 e. The van der Waals surface area contributed by atoms with Crippen LogP contribution >= 0.6 is 0 Å².